The van der Waals surface area contributed by atoms with Gasteiger partial charge < -0.3 is 9.84 Å². The predicted octanol–water partition coefficient (Wildman–Crippen LogP) is 3.86. The summed E-state index contributed by atoms with van der Waals surface area (Å²) in [6.45, 7) is 1.76. The number of anilines is 1. The minimum absolute atomic E-state index is 0.0568. The van der Waals surface area contributed by atoms with Gasteiger partial charge in [0.2, 0.25) is 0 Å². The van der Waals surface area contributed by atoms with E-state index in [1.165, 1.54) is 18.2 Å². The first-order valence-corrected chi connectivity index (χ1v) is 7.62. The number of aromatic hydroxyl groups is 1. The zero-order valence-corrected chi connectivity index (χ0v) is 13.9. The third-order valence-corrected chi connectivity index (χ3v) is 3.99. The SMILES string of the molecule is COc1cc(/C=C2\C(=O)N(c3ccccc3)N=C2C)c(Cl)cc1O. The van der Waals surface area contributed by atoms with E-state index >= 15 is 0 Å². The molecule has 24 heavy (non-hydrogen) atoms. The minimum atomic E-state index is -0.234. The summed E-state index contributed by atoms with van der Waals surface area (Å²) in [5.41, 5.74) is 2.29. The number of ether oxygens (including phenoxy) is 1. The van der Waals surface area contributed by atoms with Crippen molar-refractivity contribution < 1.29 is 14.6 Å². The second kappa shape index (κ2) is 6.37. The quantitative estimate of drug-likeness (QED) is 0.861. The molecule has 0 unspecified atom stereocenters. The first-order valence-electron chi connectivity index (χ1n) is 7.24. The van der Waals surface area contributed by atoms with Crippen molar-refractivity contribution in [1.82, 2.24) is 0 Å². The molecule has 1 heterocycles. The van der Waals surface area contributed by atoms with Gasteiger partial charge in [0.1, 0.15) is 0 Å². The van der Waals surface area contributed by atoms with Crippen LogP contribution in [0.4, 0.5) is 5.69 Å². The van der Waals surface area contributed by atoms with E-state index in [0.29, 0.717) is 27.6 Å². The molecule has 2 aromatic rings. The van der Waals surface area contributed by atoms with E-state index in [9.17, 15) is 9.90 Å². The highest BCUT2D eigenvalue weighted by Crippen LogP contribution is 2.34. The monoisotopic (exact) mass is 342 g/mol. The lowest BCUT2D eigenvalue weighted by Gasteiger charge is -2.11. The molecule has 0 bridgehead atoms. The summed E-state index contributed by atoms with van der Waals surface area (Å²) >= 11 is 6.16. The van der Waals surface area contributed by atoms with E-state index in [0.717, 1.165) is 0 Å². The molecule has 122 valence electrons. The molecule has 0 fully saturated rings. The molecule has 0 spiro atoms. The number of benzene rings is 2. The number of amides is 1. The van der Waals surface area contributed by atoms with Crippen LogP contribution < -0.4 is 9.75 Å². The van der Waals surface area contributed by atoms with Crippen molar-refractivity contribution in [3.63, 3.8) is 0 Å². The molecule has 2 aromatic carbocycles. The number of halogens is 1. The van der Waals surface area contributed by atoms with Gasteiger partial charge in [-0.2, -0.15) is 10.1 Å². The van der Waals surface area contributed by atoms with Gasteiger partial charge in [0, 0.05) is 6.07 Å². The first-order chi connectivity index (χ1) is 11.5. The summed E-state index contributed by atoms with van der Waals surface area (Å²) in [6.07, 6.45) is 1.65. The smallest absolute Gasteiger partial charge is 0.280 e. The van der Waals surface area contributed by atoms with Crippen LogP contribution in [0.3, 0.4) is 0 Å². The van der Waals surface area contributed by atoms with E-state index < -0.39 is 0 Å². The summed E-state index contributed by atoms with van der Waals surface area (Å²) in [5, 5.41) is 15.7. The van der Waals surface area contributed by atoms with Gasteiger partial charge in [-0.3, -0.25) is 4.79 Å². The Labute approximate surface area is 144 Å². The van der Waals surface area contributed by atoms with Crippen molar-refractivity contribution in [2.24, 2.45) is 5.10 Å². The molecule has 0 atom stereocenters. The van der Waals surface area contributed by atoms with E-state index in [2.05, 4.69) is 5.10 Å². The van der Waals surface area contributed by atoms with Crippen molar-refractivity contribution in [2.45, 2.75) is 6.92 Å². The topological polar surface area (TPSA) is 62.1 Å². The molecule has 0 saturated carbocycles. The van der Waals surface area contributed by atoms with Crippen LogP contribution in [0, 0.1) is 0 Å². The molecule has 1 aliphatic rings. The first kappa shape index (κ1) is 16.1. The maximum atomic E-state index is 12.7. The van der Waals surface area contributed by atoms with Gasteiger partial charge in [-0.1, -0.05) is 29.8 Å². The molecule has 5 nitrogen and oxygen atoms in total. The van der Waals surface area contributed by atoms with Crippen LogP contribution in [0.5, 0.6) is 11.5 Å². The molecule has 1 amide bonds. The number of para-hydroxylation sites is 1. The number of carbonyl (C=O) groups is 1. The van der Waals surface area contributed by atoms with Crippen LogP contribution in [0.2, 0.25) is 5.02 Å². The van der Waals surface area contributed by atoms with Crippen molar-refractivity contribution in [3.8, 4) is 11.5 Å². The Kier molecular flexibility index (Phi) is 4.27. The summed E-state index contributed by atoms with van der Waals surface area (Å²) in [4.78, 5) is 12.7. The Morgan fingerprint density at radius 1 is 1.25 bits per heavy atom. The van der Waals surface area contributed by atoms with Gasteiger partial charge in [0.05, 0.1) is 29.1 Å². The lowest BCUT2D eigenvalue weighted by Crippen LogP contribution is -2.21. The van der Waals surface area contributed by atoms with Gasteiger partial charge >= 0.3 is 0 Å². The third-order valence-electron chi connectivity index (χ3n) is 3.66. The Morgan fingerprint density at radius 2 is 1.96 bits per heavy atom. The van der Waals surface area contributed by atoms with Crippen molar-refractivity contribution in [3.05, 3.63) is 58.6 Å². The molecule has 0 aliphatic carbocycles. The number of hydrogen-bond acceptors (Lipinski definition) is 4. The predicted molar refractivity (Wildman–Crippen MR) is 94.7 cm³/mol. The maximum Gasteiger partial charge on any atom is 0.280 e. The summed E-state index contributed by atoms with van der Waals surface area (Å²) in [6, 6.07) is 12.2. The van der Waals surface area contributed by atoms with Crippen LogP contribution in [0.25, 0.3) is 6.08 Å². The van der Waals surface area contributed by atoms with Crippen molar-refractivity contribution in [2.75, 3.05) is 12.1 Å². The van der Waals surface area contributed by atoms with E-state index in [1.54, 1.807) is 19.1 Å². The number of hydrogen-bond donors (Lipinski definition) is 1. The van der Waals surface area contributed by atoms with Crippen LogP contribution in [0.15, 0.2) is 53.1 Å². The van der Waals surface area contributed by atoms with Crippen LogP contribution in [-0.2, 0) is 4.79 Å². The average Bonchev–Trinajstić information content (AvgIpc) is 2.86. The molecule has 0 saturated heterocycles. The van der Waals surface area contributed by atoms with Crippen molar-refractivity contribution in [1.29, 1.82) is 0 Å². The lowest BCUT2D eigenvalue weighted by atomic mass is 10.1. The molecule has 0 aromatic heterocycles. The van der Waals surface area contributed by atoms with Gasteiger partial charge in [0.25, 0.3) is 5.91 Å². The number of phenols is 1. The highest BCUT2D eigenvalue weighted by molar-refractivity contribution is 6.35. The van der Waals surface area contributed by atoms with E-state index in [1.807, 2.05) is 30.3 Å². The minimum Gasteiger partial charge on any atom is -0.504 e. The highest BCUT2D eigenvalue weighted by atomic mass is 35.5. The van der Waals surface area contributed by atoms with Gasteiger partial charge in [-0.25, -0.2) is 0 Å². The van der Waals surface area contributed by atoms with E-state index in [-0.39, 0.29) is 17.4 Å². The molecular weight excluding hydrogens is 328 g/mol. The number of hydrazone groups is 1. The second-order valence-electron chi connectivity index (χ2n) is 5.24. The summed E-state index contributed by atoms with van der Waals surface area (Å²) in [7, 11) is 1.45. The van der Waals surface area contributed by atoms with Crippen molar-refractivity contribution >= 4 is 35.0 Å². The van der Waals surface area contributed by atoms with Crippen LogP contribution >= 0.6 is 11.6 Å². The van der Waals surface area contributed by atoms with Gasteiger partial charge in [-0.05, 0) is 36.8 Å². The van der Waals surface area contributed by atoms with Gasteiger partial charge in [-0.15, -0.1) is 0 Å². The highest BCUT2D eigenvalue weighted by Gasteiger charge is 2.28. The fourth-order valence-electron chi connectivity index (χ4n) is 2.42. The molecule has 1 aliphatic heterocycles. The standard InChI is InChI=1S/C18H15ClN2O3/c1-11-14(8-12-9-17(24-2)16(22)10-15(12)19)18(23)21(20-11)13-6-4-3-5-7-13/h3-10,22H,1-2H3/b14-8-. The molecule has 3 rings (SSSR count). The van der Waals surface area contributed by atoms with E-state index in [4.69, 9.17) is 16.3 Å². The number of nitrogens with zero attached hydrogens (tertiary/aromatic N) is 2. The fourth-order valence-corrected chi connectivity index (χ4v) is 2.63. The Hall–Kier alpha value is -2.79. The Morgan fingerprint density at radius 3 is 2.62 bits per heavy atom. The largest absolute Gasteiger partial charge is 0.504 e. The molecule has 1 N–H and O–H groups in total. The number of rotatable bonds is 3. The maximum absolute atomic E-state index is 12.7. The van der Waals surface area contributed by atoms with Gasteiger partial charge in [0.15, 0.2) is 11.5 Å². The second-order valence-corrected chi connectivity index (χ2v) is 5.65. The average molecular weight is 343 g/mol. The summed E-state index contributed by atoms with van der Waals surface area (Å²) < 4.78 is 5.09. The normalized spacial score (nSPS) is 15.8. The zero-order valence-electron chi connectivity index (χ0n) is 13.2. The Balaban J connectivity index is 2.00. The lowest BCUT2D eigenvalue weighted by molar-refractivity contribution is -0.114. The fraction of sp³-hybridized carbons (Fsp3) is 0.111. The van der Waals surface area contributed by atoms with Crippen LogP contribution in [0.1, 0.15) is 12.5 Å². The number of carbonyl (C=O) groups excluding carboxylic acids is 1. The molecular formula is C18H15ClN2O3. The Bertz CT molecular complexity index is 860. The number of phenolic OH excluding ortho intramolecular Hbond substituents is 1. The number of methoxy groups -OCH3 is 1. The van der Waals surface area contributed by atoms with Crippen LogP contribution in [-0.4, -0.2) is 23.8 Å². The molecule has 0 radical (unpaired) electrons. The third kappa shape index (κ3) is 2.86. The molecule has 6 heteroatoms. The summed E-state index contributed by atoms with van der Waals surface area (Å²) in [5.74, 6) is -0.00767. The zero-order chi connectivity index (χ0) is 17.3.